The number of benzene rings is 2. The second-order valence-electron chi connectivity index (χ2n) is 8.31. The Morgan fingerprint density at radius 3 is 2.26 bits per heavy atom. The molecule has 10 nitrogen and oxygen atoms in total. The van der Waals surface area contributed by atoms with Gasteiger partial charge in [0.15, 0.2) is 6.61 Å². The molecule has 0 aliphatic rings. The summed E-state index contributed by atoms with van der Waals surface area (Å²) in [7, 11) is 2.89. The quantitative estimate of drug-likeness (QED) is 0.339. The number of hydrogen-bond donors (Lipinski definition) is 1. The highest BCUT2D eigenvalue weighted by Crippen LogP contribution is 2.30. The van der Waals surface area contributed by atoms with Gasteiger partial charge in [-0.05, 0) is 36.1 Å². The van der Waals surface area contributed by atoms with E-state index in [0.29, 0.717) is 18.7 Å². The van der Waals surface area contributed by atoms with Crippen LogP contribution in [0.1, 0.15) is 32.8 Å². The van der Waals surface area contributed by atoms with Crippen molar-refractivity contribution in [1.82, 2.24) is 10.2 Å². The number of carbonyl (C=O) groups is 2. The average molecular weight is 488 g/mol. The zero-order valence-corrected chi connectivity index (χ0v) is 20.8. The highest BCUT2D eigenvalue weighted by atomic mass is 16.6. The lowest BCUT2D eigenvalue weighted by Gasteiger charge is -2.31. The maximum absolute atomic E-state index is 13.3. The van der Waals surface area contributed by atoms with Gasteiger partial charge < -0.3 is 24.4 Å². The van der Waals surface area contributed by atoms with E-state index in [1.165, 1.54) is 30.2 Å². The Balaban J connectivity index is 2.24. The molecule has 0 fully saturated rings. The topological polar surface area (TPSA) is 120 Å². The van der Waals surface area contributed by atoms with E-state index in [0.717, 1.165) is 5.56 Å². The van der Waals surface area contributed by atoms with E-state index in [4.69, 9.17) is 14.2 Å². The van der Waals surface area contributed by atoms with Crippen LogP contribution >= 0.6 is 0 Å². The fourth-order valence-electron chi connectivity index (χ4n) is 3.40. The van der Waals surface area contributed by atoms with E-state index in [-0.39, 0.29) is 42.2 Å². The van der Waals surface area contributed by atoms with E-state index in [1.54, 1.807) is 19.2 Å². The Hall–Kier alpha value is -3.82. The van der Waals surface area contributed by atoms with E-state index in [2.05, 4.69) is 5.32 Å². The Morgan fingerprint density at radius 1 is 1.06 bits per heavy atom. The number of nitro benzene ring substituents is 1. The molecule has 2 aromatic carbocycles. The molecule has 190 valence electrons. The maximum atomic E-state index is 13.3. The van der Waals surface area contributed by atoms with Crippen molar-refractivity contribution in [1.29, 1.82) is 0 Å². The summed E-state index contributed by atoms with van der Waals surface area (Å²) in [4.78, 5) is 38.2. The summed E-state index contributed by atoms with van der Waals surface area (Å²) in [5.74, 6) is 0.577. The third kappa shape index (κ3) is 7.87. The van der Waals surface area contributed by atoms with Gasteiger partial charge >= 0.3 is 5.69 Å². The number of hydrogen-bond acceptors (Lipinski definition) is 7. The van der Waals surface area contributed by atoms with Gasteiger partial charge in [0.25, 0.3) is 5.91 Å². The smallest absolute Gasteiger partial charge is 0.311 e. The number of rotatable bonds is 13. The van der Waals surface area contributed by atoms with Gasteiger partial charge in [-0.15, -0.1) is 0 Å². The number of methoxy groups -OCH3 is 2. The highest BCUT2D eigenvalue weighted by Gasteiger charge is 2.29. The predicted molar refractivity (Wildman–Crippen MR) is 131 cm³/mol. The Morgan fingerprint density at radius 2 is 1.71 bits per heavy atom. The van der Waals surface area contributed by atoms with Crippen LogP contribution in [0.25, 0.3) is 0 Å². The lowest BCUT2D eigenvalue weighted by atomic mass is 10.1. The molecule has 2 aromatic rings. The second kappa shape index (κ2) is 13.2. The molecule has 1 atom stereocenters. The summed E-state index contributed by atoms with van der Waals surface area (Å²) in [5.41, 5.74) is 0.617. The first-order valence-electron chi connectivity index (χ1n) is 11.3. The number of nitrogens with zero attached hydrogens (tertiary/aromatic N) is 2. The maximum Gasteiger partial charge on any atom is 0.311 e. The standard InChI is InChI=1S/C25H33N3O7/c1-6-21(25(30)26-14-17(2)3)27(15-18-7-9-19(33-4)10-8-18)24(29)16-35-20-11-12-22(28(31)32)23(13-20)34-5/h7-13,17,21H,6,14-16H2,1-5H3,(H,26,30). The average Bonchev–Trinajstić information content (AvgIpc) is 2.85. The van der Waals surface area contributed by atoms with Gasteiger partial charge in [-0.3, -0.25) is 19.7 Å². The minimum Gasteiger partial charge on any atom is -0.497 e. The largest absolute Gasteiger partial charge is 0.497 e. The van der Waals surface area contributed by atoms with Crippen LogP contribution in [0, 0.1) is 16.0 Å². The number of ether oxygens (including phenoxy) is 3. The third-order valence-corrected chi connectivity index (χ3v) is 5.29. The number of nitro groups is 1. The molecule has 0 aromatic heterocycles. The molecule has 0 radical (unpaired) electrons. The van der Waals surface area contributed by atoms with Crippen molar-refractivity contribution in [2.24, 2.45) is 5.92 Å². The first-order valence-corrected chi connectivity index (χ1v) is 11.3. The Kier molecular flexibility index (Phi) is 10.3. The van der Waals surface area contributed by atoms with Crippen LogP contribution in [0.4, 0.5) is 5.69 Å². The van der Waals surface area contributed by atoms with Gasteiger partial charge in [0.05, 0.1) is 19.1 Å². The monoisotopic (exact) mass is 487 g/mol. The summed E-state index contributed by atoms with van der Waals surface area (Å²) in [6.07, 6.45) is 0.414. The highest BCUT2D eigenvalue weighted by molar-refractivity contribution is 5.88. The van der Waals surface area contributed by atoms with Gasteiger partial charge in [-0.2, -0.15) is 0 Å². The minimum absolute atomic E-state index is 0.0227. The van der Waals surface area contributed by atoms with E-state index in [9.17, 15) is 19.7 Å². The van der Waals surface area contributed by atoms with Crippen molar-refractivity contribution in [3.05, 3.63) is 58.1 Å². The Labute approximate surface area is 205 Å². The molecule has 0 bridgehead atoms. The SMILES string of the molecule is CCC(C(=O)NCC(C)C)N(Cc1ccc(OC)cc1)C(=O)COc1ccc([N+](=O)[O-])c(OC)c1. The predicted octanol–water partition coefficient (Wildman–Crippen LogP) is 3.57. The molecule has 0 saturated heterocycles. The molecular formula is C25H33N3O7. The summed E-state index contributed by atoms with van der Waals surface area (Å²) in [6, 6.07) is 10.6. The fourth-order valence-corrected chi connectivity index (χ4v) is 3.40. The lowest BCUT2D eigenvalue weighted by Crippen LogP contribution is -2.50. The van der Waals surface area contributed by atoms with Crippen LogP contribution in [0.5, 0.6) is 17.2 Å². The molecule has 0 aliphatic carbocycles. The van der Waals surface area contributed by atoms with Crippen LogP contribution in [0.15, 0.2) is 42.5 Å². The van der Waals surface area contributed by atoms with Gasteiger partial charge in [0.2, 0.25) is 11.7 Å². The molecule has 0 saturated carbocycles. The Bertz CT molecular complexity index is 1010. The molecule has 1 N–H and O–H groups in total. The van der Waals surface area contributed by atoms with Crippen LogP contribution < -0.4 is 19.5 Å². The van der Waals surface area contributed by atoms with Gasteiger partial charge in [-0.25, -0.2) is 0 Å². The summed E-state index contributed by atoms with van der Waals surface area (Å²) in [5, 5.41) is 14.0. The van der Waals surface area contributed by atoms with Crippen molar-refractivity contribution in [2.75, 3.05) is 27.4 Å². The van der Waals surface area contributed by atoms with Crippen molar-refractivity contribution in [2.45, 2.75) is 39.8 Å². The second-order valence-corrected chi connectivity index (χ2v) is 8.31. The first kappa shape index (κ1) is 27.4. The van der Waals surface area contributed by atoms with Crippen LogP contribution in [0.2, 0.25) is 0 Å². The summed E-state index contributed by atoms with van der Waals surface area (Å²) >= 11 is 0. The molecule has 2 amide bonds. The molecular weight excluding hydrogens is 454 g/mol. The number of carbonyl (C=O) groups excluding carboxylic acids is 2. The molecule has 0 aliphatic heterocycles. The molecule has 2 rings (SSSR count). The van der Waals surface area contributed by atoms with Gasteiger partial charge in [0, 0.05) is 25.2 Å². The van der Waals surface area contributed by atoms with Crippen molar-refractivity contribution >= 4 is 17.5 Å². The van der Waals surface area contributed by atoms with Crippen molar-refractivity contribution < 1.29 is 28.7 Å². The first-order chi connectivity index (χ1) is 16.7. The fraction of sp³-hybridized carbons (Fsp3) is 0.440. The minimum atomic E-state index is -0.696. The number of nitrogens with one attached hydrogen (secondary N) is 1. The lowest BCUT2D eigenvalue weighted by molar-refractivity contribution is -0.385. The van der Waals surface area contributed by atoms with Gasteiger partial charge in [0.1, 0.15) is 17.5 Å². The van der Waals surface area contributed by atoms with Gasteiger partial charge in [-0.1, -0.05) is 32.9 Å². The zero-order chi connectivity index (χ0) is 26.0. The number of amides is 2. The third-order valence-electron chi connectivity index (χ3n) is 5.29. The van der Waals surface area contributed by atoms with Crippen LogP contribution in [-0.2, 0) is 16.1 Å². The molecule has 0 spiro atoms. The normalized spacial score (nSPS) is 11.5. The van der Waals surface area contributed by atoms with Crippen molar-refractivity contribution in [3.8, 4) is 17.2 Å². The van der Waals surface area contributed by atoms with E-state index >= 15 is 0 Å². The molecule has 0 heterocycles. The van der Waals surface area contributed by atoms with Crippen molar-refractivity contribution in [3.63, 3.8) is 0 Å². The van der Waals surface area contributed by atoms with E-state index < -0.39 is 16.9 Å². The van der Waals surface area contributed by atoms with E-state index in [1.807, 2.05) is 32.9 Å². The molecule has 35 heavy (non-hydrogen) atoms. The molecule has 10 heteroatoms. The summed E-state index contributed by atoms with van der Waals surface area (Å²) < 4.78 is 15.9. The van der Waals surface area contributed by atoms with Crippen LogP contribution in [-0.4, -0.2) is 55.1 Å². The molecule has 1 unspecified atom stereocenters. The zero-order valence-electron chi connectivity index (χ0n) is 20.8. The summed E-state index contributed by atoms with van der Waals surface area (Å²) in [6.45, 7) is 6.17. The van der Waals surface area contributed by atoms with Crippen LogP contribution in [0.3, 0.4) is 0 Å².